The highest BCUT2D eigenvalue weighted by Crippen LogP contribution is 2.25. The second-order valence-electron chi connectivity index (χ2n) is 2.75. The predicted octanol–water partition coefficient (Wildman–Crippen LogP) is 2.94. The third-order valence-electron chi connectivity index (χ3n) is 1.76. The Morgan fingerprint density at radius 2 is 2.17 bits per heavy atom. The van der Waals surface area contributed by atoms with E-state index in [4.69, 9.17) is 0 Å². The molecular formula is C10H13NS. The lowest BCUT2D eigenvalue weighted by Crippen LogP contribution is -1.92. The molecule has 12 heavy (non-hydrogen) atoms. The van der Waals surface area contributed by atoms with Gasteiger partial charge in [-0.2, -0.15) is 0 Å². The van der Waals surface area contributed by atoms with Crippen LogP contribution < -0.4 is 5.32 Å². The van der Waals surface area contributed by atoms with Crippen molar-refractivity contribution >= 4 is 23.2 Å². The Morgan fingerprint density at radius 1 is 1.50 bits per heavy atom. The lowest BCUT2D eigenvalue weighted by Gasteiger charge is -2.08. The van der Waals surface area contributed by atoms with Crippen LogP contribution in [0.4, 0.5) is 5.69 Å². The second kappa shape index (κ2) is 3.68. The van der Waals surface area contributed by atoms with Crippen LogP contribution in [0.25, 0.3) is 4.91 Å². The molecule has 0 saturated carbocycles. The first-order valence-corrected chi connectivity index (χ1v) is 4.26. The average molecular weight is 179 g/mol. The topological polar surface area (TPSA) is 12.0 Å². The highest BCUT2D eigenvalue weighted by Gasteiger charge is 2.01. The summed E-state index contributed by atoms with van der Waals surface area (Å²) in [5.41, 5.74) is 3.36. The molecule has 1 nitrogen and oxygen atoms in total. The molecule has 0 amide bonds. The van der Waals surface area contributed by atoms with Crippen LogP contribution in [0.15, 0.2) is 24.8 Å². The molecule has 0 saturated heterocycles. The van der Waals surface area contributed by atoms with Crippen molar-refractivity contribution in [1.29, 1.82) is 0 Å². The van der Waals surface area contributed by atoms with Gasteiger partial charge < -0.3 is 5.32 Å². The van der Waals surface area contributed by atoms with Gasteiger partial charge in [0.15, 0.2) is 0 Å². The van der Waals surface area contributed by atoms with Crippen LogP contribution in [-0.2, 0) is 0 Å². The SMILES string of the molecule is C=C(S)c1cc(C)ccc1NC. The lowest BCUT2D eigenvalue weighted by atomic mass is 10.1. The van der Waals surface area contributed by atoms with Crippen LogP contribution in [0.3, 0.4) is 0 Å². The van der Waals surface area contributed by atoms with Crippen molar-refractivity contribution in [2.75, 3.05) is 12.4 Å². The van der Waals surface area contributed by atoms with Crippen molar-refractivity contribution in [3.05, 3.63) is 35.9 Å². The minimum Gasteiger partial charge on any atom is -0.388 e. The molecule has 0 radical (unpaired) electrons. The highest BCUT2D eigenvalue weighted by molar-refractivity contribution is 7.90. The van der Waals surface area contributed by atoms with E-state index in [1.165, 1.54) is 5.56 Å². The largest absolute Gasteiger partial charge is 0.388 e. The summed E-state index contributed by atoms with van der Waals surface area (Å²) in [5, 5.41) is 3.09. The van der Waals surface area contributed by atoms with Crippen molar-refractivity contribution in [2.45, 2.75) is 6.92 Å². The molecule has 2 heteroatoms. The van der Waals surface area contributed by atoms with Gasteiger partial charge in [-0.05, 0) is 19.1 Å². The molecule has 1 aromatic carbocycles. The monoisotopic (exact) mass is 179 g/mol. The summed E-state index contributed by atoms with van der Waals surface area (Å²) < 4.78 is 0. The van der Waals surface area contributed by atoms with E-state index in [0.717, 1.165) is 16.2 Å². The lowest BCUT2D eigenvalue weighted by molar-refractivity contribution is 1.42. The number of hydrogen-bond acceptors (Lipinski definition) is 2. The third kappa shape index (κ3) is 1.83. The van der Waals surface area contributed by atoms with Crippen molar-refractivity contribution in [1.82, 2.24) is 0 Å². The first-order chi connectivity index (χ1) is 5.65. The molecule has 0 atom stereocenters. The fraction of sp³-hybridized carbons (Fsp3) is 0.200. The minimum absolute atomic E-state index is 0.794. The third-order valence-corrected chi connectivity index (χ3v) is 2.00. The van der Waals surface area contributed by atoms with Crippen LogP contribution in [0.1, 0.15) is 11.1 Å². The van der Waals surface area contributed by atoms with E-state index in [2.05, 4.69) is 43.6 Å². The zero-order valence-electron chi connectivity index (χ0n) is 7.39. The molecule has 0 bridgehead atoms. The summed E-state index contributed by atoms with van der Waals surface area (Å²) in [6, 6.07) is 6.17. The summed E-state index contributed by atoms with van der Waals surface area (Å²) in [5.74, 6) is 0. The van der Waals surface area contributed by atoms with Crippen LogP contribution in [0.5, 0.6) is 0 Å². The van der Waals surface area contributed by atoms with Crippen molar-refractivity contribution in [3.63, 3.8) is 0 Å². The maximum absolute atomic E-state index is 4.22. The number of hydrogen-bond donors (Lipinski definition) is 2. The van der Waals surface area contributed by atoms with E-state index in [1.807, 2.05) is 13.1 Å². The van der Waals surface area contributed by atoms with Gasteiger partial charge in [-0.25, -0.2) is 0 Å². The van der Waals surface area contributed by atoms with Gasteiger partial charge in [-0.1, -0.05) is 18.2 Å². The van der Waals surface area contributed by atoms with Crippen LogP contribution >= 0.6 is 12.6 Å². The average Bonchev–Trinajstić information content (AvgIpc) is 2.04. The van der Waals surface area contributed by atoms with Gasteiger partial charge in [-0.3, -0.25) is 0 Å². The van der Waals surface area contributed by atoms with Crippen LogP contribution in [0.2, 0.25) is 0 Å². The molecular weight excluding hydrogens is 166 g/mol. The number of aryl methyl sites for hydroxylation is 1. The molecule has 0 aliphatic rings. The van der Waals surface area contributed by atoms with Crippen molar-refractivity contribution in [3.8, 4) is 0 Å². The summed E-state index contributed by atoms with van der Waals surface area (Å²) in [6.07, 6.45) is 0. The van der Waals surface area contributed by atoms with Crippen molar-refractivity contribution in [2.24, 2.45) is 0 Å². The summed E-state index contributed by atoms with van der Waals surface area (Å²) in [7, 11) is 1.89. The van der Waals surface area contributed by atoms with Crippen LogP contribution in [-0.4, -0.2) is 7.05 Å². The van der Waals surface area contributed by atoms with Crippen molar-refractivity contribution < 1.29 is 0 Å². The number of anilines is 1. The van der Waals surface area contributed by atoms with Gasteiger partial charge in [0.2, 0.25) is 0 Å². The zero-order valence-corrected chi connectivity index (χ0v) is 8.28. The van der Waals surface area contributed by atoms with Gasteiger partial charge in [0, 0.05) is 23.2 Å². The Balaban J connectivity index is 3.21. The Hall–Kier alpha value is -0.890. The zero-order chi connectivity index (χ0) is 9.14. The summed E-state index contributed by atoms with van der Waals surface area (Å²) in [6.45, 7) is 5.85. The molecule has 0 aliphatic heterocycles. The predicted molar refractivity (Wildman–Crippen MR) is 58.7 cm³/mol. The highest BCUT2D eigenvalue weighted by atomic mass is 32.1. The van der Waals surface area contributed by atoms with E-state index < -0.39 is 0 Å². The molecule has 0 aromatic heterocycles. The first-order valence-electron chi connectivity index (χ1n) is 3.82. The van der Waals surface area contributed by atoms with Gasteiger partial charge in [0.25, 0.3) is 0 Å². The summed E-state index contributed by atoms with van der Waals surface area (Å²) in [4.78, 5) is 0.794. The molecule has 1 N–H and O–H groups in total. The smallest absolute Gasteiger partial charge is 0.0422 e. The standard InChI is InChI=1S/C10H13NS/c1-7-4-5-10(11-3)9(6-7)8(2)12/h4-6,11-12H,2H2,1,3H3. The quantitative estimate of drug-likeness (QED) is 0.665. The molecule has 0 aliphatic carbocycles. The minimum atomic E-state index is 0.794. The van der Waals surface area contributed by atoms with Gasteiger partial charge >= 0.3 is 0 Å². The molecule has 0 heterocycles. The number of rotatable bonds is 2. The van der Waals surface area contributed by atoms with Gasteiger partial charge in [-0.15, -0.1) is 12.6 Å². The fourth-order valence-electron chi connectivity index (χ4n) is 1.11. The first kappa shape index (κ1) is 9.20. The maximum Gasteiger partial charge on any atom is 0.0422 e. The molecule has 0 unspecified atom stereocenters. The Labute approximate surface area is 78.9 Å². The van der Waals surface area contributed by atoms with Crippen LogP contribution in [0, 0.1) is 6.92 Å². The van der Waals surface area contributed by atoms with E-state index in [9.17, 15) is 0 Å². The number of benzene rings is 1. The number of nitrogens with one attached hydrogen (secondary N) is 1. The molecule has 0 spiro atoms. The van der Waals surface area contributed by atoms with E-state index in [1.54, 1.807) is 0 Å². The van der Waals surface area contributed by atoms with E-state index in [0.29, 0.717) is 0 Å². The number of thiol groups is 1. The Bertz CT molecular complexity index is 305. The Kier molecular flexibility index (Phi) is 2.82. The second-order valence-corrected chi connectivity index (χ2v) is 3.29. The van der Waals surface area contributed by atoms with Gasteiger partial charge in [0.05, 0.1) is 0 Å². The molecule has 1 rings (SSSR count). The molecule has 64 valence electrons. The molecule has 1 aromatic rings. The Morgan fingerprint density at radius 3 is 2.67 bits per heavy atom. The maximum atomic E-state index is 4.22. The summed E-state index contributed by atoms with van der Waals surface area (Å²) >= 11 is 4.22. The van der Waals surface area contributed by atoms with E-state index in [-0.39, 0.29) is 0 Å². The van der Waals surface area contributed by atoms with E-state index >= 15 is 0 Å². The van der Waals surface area contributed by atoms with Gasteiger partial charge in [0.1, 0.15) is 0 Å². The normalized spacial score (nSPS) is 9.58. The molecule has 0 fully saturated rings. The fourth-order valence-corrected chi connectivity index (χ4v) is 1.30.